The van der Waals surface area contributed by atoms with Gasteiger partial charge in [-0.15, -0.1) is 0 Å². The van der Waals surface area contributed by atoms with Gasteiger partial charge in [-0.25, -0.2) is 4.79 Å². The lowest BCUT2D eigenvalue weighted by Crippen LogP contribution is -2.47. The van der Waals surface area contributed by atoms with Gasteiger partial charge in [0.25, 0.3) is 0 Å². The fourth-order valence-electron chi connectivity index (χ4n) is 3.22. The zero-order valence-corrected chi connectivity index (χ0v) is 11.8. The molecule has 6 nitrogen and oxygen atoms in total. The fourth-order valence-corrected chi connectivity index (χ4v) is 3.22. The molecule has 2 amide bonds. The average molecular weight is 284 g/mol. The quantitative estimate of drug-likeness (QED) is 0.680. The number of likely N-dealkylation sites (tertiary alicyclic amines) is 1. The summed E-state index contributed by atoms with van der Waals surface area (Å²) < 4.78 is 0. The topological polar surface area (TPSA) is 89.9 Å². The highest BCUT2D eigenvalue weighted by Gasteiger charge is 2.39. The van der Waals surface area contributed by atoms with Crippen LogP contribution in [0.25, 0.3) is 0 Å². The maximum Gasteiger partial charge on any atom is 0.317 e. The largest absolute Gasteiger partial charge is 0.481 e. The van der Waals surface area contributed by atoms with Crippen molar-refractivity contribution >= 4 is 12.0 Å². The first kappa shape index (κ1) is 15.1. The second-order valence-corrected chi connectivity index (χ2v) is 6.20. The number of aliphatic hydroxyl groups is 1. The highest BCUT2D eigenvalue weighted by Crippen LogP contribution is 2.43. The number of carbonyl (C=O) groups excluding carboxylic acids is 1. The summed E-state index contributed by atoms with van der Waals surface area (Å²) in [5.41, 5.74) is -0.230. The molecule has 1 heterocycles. The van der Waals surface area contributed by atoms with Gasteiger partial charge in [0.05, 0.1) is 6.42 Å². The van der Waals surface area contributed by atoms with Gasteiger partial charge in [-0.3, -0.25) is 4.79 Å². The smallest absolute Gasteiger partial charge is 0.317 e. The molecule has 1 aliphatic heterocycles. The molecule has 2 rings (SSSR count). The van der Waals surface area contributed by atoms with E-state index in [4.69, 9.17) is 10.2 Å². The van der Waals surface area contributed by atoms with E-state index >= 15 is 0 Å². The van der Waals surface area contributed by atoms with Crippen molar-refractivity contribution in [3.63, 3.8) is 0 Å². The lowest BCUT2D eigenvalue weighted by Gasteiger charge is -2.41. The van der Waals surface area contributed by atoms with Gasteiger partial charge < -0.3 is 20.4 Å². The SMILES string of the molecule is O=C(O)CC1(CNC(=O)N2CCC(CCO)C2)CCC1. The Balaban J connectivity index is 1.76. The zero-order chi connectivity index (χ0) is 14.6. The van der Waals surface area contributed by atoms with E-state index in [-0.39, 0.29) is 24.5 Å². The molecule has 3 N–H and O–H groups in total. The van der Waals surface area contributed by atoms with Crippen LogP contribution in [0.15, 0.2) is 0 Å². The Morgan fingerprint density at radius 1 is 1.35 bits per heavy atom. The summed E-state index contributed by atoms with van der Waals surface area (Å²) >= 11 is 0. The molecule has 0 radical (unpaired) electrons. The van der Waals surface area contributed by atoms with E-state index in [1.165, 1.54) is 0 Å². The lowest BCUT2D eigenvalue weighted by molar-refractivity contribution is -0.141. The van der Waals surface area contributed by atoms with Gasteiger partial charge in [0, 0.05) is 26.2 Å². The number of carboxylic acid groups (broad SMARTS) is 1. The number of rotatable bonds is 6. The molecule has 1 saturated carbocycles. The number of aliphatic hydroxyl groups excluding tert-OH is 1. The molecule has 2 aliphatic rings. The van der Waals surface area contributed by atoms with Crippen LogP contribution >= 0.6 is 0 Å². The Bertz CT molecular complexity index is 368. The Hall–Kier alpha value is -1.30. The van der Waals surface area contributed by atoms with Gasteiger partial charge in [-0.2, -0.15) is 0 Å². The van der Waals surface area contributed by atoms with Crippen molar-refractivity contribution < 1.29 is 19.8 Å². The Morgan fingerprint density at radius 2 is 2.10 bits per heavy atom. The molecule has 0 bridgehead atoms. The van der Waals surface area contributed by atoms with Gasteiger partial charge in [0.2, 0.25) is 0 Å². The van der Waals surface area contributed by atoms with Crippen LogP contribution in [0.3, 0.4) is 0 Å². The van der Waals surface area contributed by atoms with Crippen molar-refractivity contribution in [2.45, 2.75) is 38.5 Å². The van der Waals surface area contributed by atoms with E-state index in [9.17, 15) is 9.59 Å². The summed E-state index contributed by atoms with van der Waals surface area (Å²) in [6.07, 6.45) is 4.63. The first-order chi connectivity index (χ1) is 9.54. The van der Waals surface area contributed by atoms with Crippen molar-refractivity contribution in [2.24, 2.45) is 11.3 Å². The van der Waals surface area contributed by atoms with E-state index in [0.29, 0.717) is 19.0 Å². The average Bonchev–Trinajstić information content (AvgIpc) is 2.81. The monoisotopic (exact) mass is 284 g/mol. The van der Waals surface area contributed by atoms with Gasteiger partial charge in [0.15, 0.2) is 0 Å². The molecule has 0 aromatic heterocycles. The van der Waals surface area contributed by atoms with Crippen LogP contribution < -0.4 is 5.32 Å². The van der Waals surface area contributed by atoms with Crippen molar-refractivity contribution in [1.82, 2.24) is 10.2 Å². The van der Waals surface area contributed by atoms with Crippen LogP contribution in [0.4, 0.5) is 4.79 Å². The van der Waals surface area contributed by atoms with E-state index < -0.39 is 5.97 Å². The second-order valence-electron chi connectivity index (χ2n) is 6.20. The molecule has 1 unspecified atom stereocenters. The van der Waals surface area contributed by atoms with Gasteiger partial charge >= 0.3 is 12.0 Å². The highest BCUT2D eigenvalue weighted by atomic mass is 16.4. The number of carboxylic acids is 1. The number of hydrogen-bond acceptors (Lipinski definition) is 3. The van der Waals surface area contributed by atoms with Gasteiger partial charge in [-0.05, 0) is 37.0 Å². The predicted molar refractivity (Wildman–Crippen MR) is 73.3 cm³/mol. The molecule has 0 spiro atoms. The lowest BCUT2D eigenvalue weighted by atomic mass is 9.66. The standard InChI is InChI=1S/C14H24N2O4/c17-7-3-11-2-6-16(9-11)13(20)15-10-14(4-1-5-14)8-12(18)19/h11,17H,1-10H2,(H,15,20)(H,18,19). The minimum absolute atomic E-state index is 0.0953. The predicted octanol–water partition coefficient (Wildman–Crippen LogP) is 1.05. The summed E-state index contributed by atoms with van der Waals surface area (Å²) in [4.78, 5) is 24.7. The van der Waals surface area contributed by atoms with Crippen LogP contribution in [-0.2, 0) is 4.79 Å². The Morgan fingerprint density at radius 3 is 2.65 bits per heavy atom. The number of nitrogens with zero attached hydrogens (tertiary/aromatic N) is 1. The normalized spacial score (nSPS) is 24.2. The van der Waals surface area contributed by atoms with Crippen molar-refractivity contribution in [1.29, 1.82) is 0 Å². The molecule has 1 saturated heterocycles. The molecule has 1 aliphatic carbocycles. The summed E-state index contributed by atoms with van der Waals surface area (Å²) in [5.74, 6) is -0.398. The summed E-state index contributed by atoms with van der Waals surface area (Å²) in [6, 6.07) is -0.0953. The zero-order valence-electron chi connectivity index (χ0n) is 11.8. The van der Waals surface area contributed by atoms with Crippen molar-refractivity contribution in [3.8, 4) is 0 Å². The van der Waals surface area contributed by atoms with Crippen LogP contribution in [0.1, 0.15) is 38.5 Å². The van der Waals surface area contributed by atoms with Gasteiger partial charge in [-0.1, -0.05) is 6.42 Å². The first-order valence-corrected chi connectivity index (χ1v) is 7.40. The van der Waals surface area contributed by atoms with E-state index in [0.717, 1.165) is 38.6 Å². The number of hydrogen-bond donors (Lipinski definition) is 3. The third-order valence-electron chi connectivity index (χ3n) is 4.67. The van der Waals surface area contributed by atoms with Crippen LogP contribution in [-0.4, -0.2) is 53.4 Å². The van der Waals surface area contributed by atoms with Crippen LogP contribution in [0.5, 0.6) is 0 Å². The maximum atomic E-state index is 12.1. The molecule has 6 heteroatoms. The summed E-state index contributed by atoms with van der Waals surface area (Å²) in [6.45, 7) is 2.04. The minimum atomic E-state index is -0.789. The molecule has 2 fully saturated rings. The molecule has 114 valence electrons. The van der Waals surface area contributed by atoms with Gasteiger partial charge in [0.1, 0.15) is 0 Å². The van der Waals surface area contributed by atoms with E-state index in [1.54, 1.807) is 4.90 Å². The molecule has 20 heavy (non-hydrogen) atoms. The highest BCUT2D eigenvalue weighted by molar-refractivity contribution is 5.74. The number of nitrogens with one attached hydrogen (secondary N) is 1. The third-order valence-corrected chi connectivity index (χ3v) is 4.67. The Labute approximate surface area is 119 Å². The van der Waals surface area contributed by atoms with Crippen LogP contribution in [0.2, 0.25) is 0 Å². The second kappa shape index (κ2) is 6.43. The number of carbonyl (C=O) groups is 2. The van der Waals surface area contributed by atoms with E-state index in [2.05, 4.69) is 5.32 Å². The summed E-state index contributed by atoms with van der Waals surface area (Å²) in [5, 5.41) is 20.7. The minimum Gasteiger partial charge on any atom is -0.481 e. The number of amides is 2. The molecular weight excluding hydrogens is 260 g/mol. The van der Waals surface area contributed by atoms with E-state index in [1.807, 2.05) is 0 Å². The number of urea groups is 1. The molecule has 1 atom stereocenters. The maximum absolute atomic E-state index is 12.1. The Kier molecular flexibility index (Phi) is 4.86. The third kappa shape index (κ3) is 3.62. The molecular formula is C14H24N2O4. The van der Waals surface area contributed by atoms with Crippen molar-refractivity contribution in [3.05, 3.63) is 0 Å². The van der Waals surface area contributed by atoms with Crippen LogP contribution in [0, 0.1) is 11.3 Å². The summed E-state index contributed by atoms with van der Waals surface area (Å²) in [7, 11) is 0. The number of aliphatic carboxylic acids is 1. The fraction of sp³-hybridized carbons (Fsp3) is 0.857. The molecule has 0 aromatic rings. The molecule has 0 aromatic carbocycles. The van der Waals surface area contributed by atoms with Crippen molar-refractivity contribution in [2.75, 3.05) is 26.2 Å². The first-order valence-electron chi connectivity index (χ1n) is 7.40.